The molecule has 2 N–H and O–H groups in total. The third-order valence-corrected chi connectivity index (χ3v) is 2.06. The van der Waals surface area contributed by atoms with Crippen molar-refractivity contribution >= 4 is 5.91 Å². The lowest BCUT2D eigenvalue weighted by molar-refractivity contribution is 0.0796. The molecule has 5 heteroatoms. The predicted octanol–water partition coefficient (Wildman–Crippen LogP) is 0.322. The molecule has 78 valence electrons. The average Bonchev–Trinajstić information content (AvgIpc) is 2.46. The van der Waals surface area contributed by atoms with Crippen molar-refractivity contribution in [2.24, 2.45) is 5.73 Å². The molecule has 0 aliphatic carbocycles. The lowest BCUT2D eigenvalue weighted by atomic mass is 10.2. The third kappa shape index (κ3) is 1.93. The number of aryl methyl sites for hydroxylation is 2. The van der Waals surface area contributed by atoms with E-state index in [0.29, 0.717) is 30.1 Å². The number of hydrogen-bond acceptors (Lipinski definition) is 4. The van der Waals surface area contributed by atoms with Gasteiger partial charge in [-0.2, -0.15) is 0 Å². The highest BCUT2D eigenvalue weighted by Crippen LogP contribution is 2.13. The highest BCUT2D eigenvalue weighted by Gasteiger charge is 2.20. The van der Waals surface area contributed by atoms with Crippen molar-refractivity contribution in [2.75, 3.05) is 20.1 Å². The maximum absolute atomic E-state index is 11.8. The van der Waals surface area contributed by atoms with E-state index in [1.807, 2.05) is 0 Å². The van der Waals surface area contributed by atoms with Crippen LogP contribution in [0.4, 0.5) is 0 Å². The Kier molecular flexibility index (Phi) is 3.24. The molecule has 0 bridgehead atoms. The van der Waals surface area contributed by atoms with Crippen LogP contribution in [0.1, 0.15) is 21.8 Å². The van der Waals surface area contributed by atoms with Gasteiger partial charge in [0.1, 0.15) is 11.3 Å². The van der Waals surface area contributed by atoms with Gasteiger partial charge in [0.05, 0.1) is 5.69 Å². The van der Waals surface area contributed by atoms with Crippen LogP contribution in [0.2, 0.25) is 0 Å². The maximum Gasteiger partial charge on any atom is 0.259 e. The topological polar surface area (TPSA) is 72.4 Å². The van der Waals surface area contributed by atoms with Gasteiger partial charge in [0, 0.05) is 20.1 Å². The standard InChI is InChI=1S/C9H15N3O2/c1-6-8(7(2)14-11-6)9(13)12(3)5-4-10/h4-5,10H2,1-3H3. The molecule has 0 spiro atoms. The van der Waals surface area contributed by atoms with Gasteiger partial charge in [-0.25, -0.2) is 0 Å². The van der Waals surface area contributed by atoms with Gasteiger partial charge in [-0.05, 0) is 13.8 Å². The van der Waals surface area contributed by atoms with Gasteiger partial charge >= 0.3 is 0 Å². The minimum atomic E-state index is -0.0910. The summed E-state index contributed by atoms with van der Waals surface area (Å²) in [4.78, 5) is 13.4. The van der Waals surface area contributed by atoms with Crippen LogP contribution in [-0.4, -0.2) is 36.1 Å². The summed E-state index contributed by atoms with van der Waals surface area (Å²) in [6.07, 6.45) is 0. The summed E-state index contributed by atoms with van der Waals surface area (Å²) in [7, 11) is 1.71. The second-order valence-electron chi connectivity index (χ2n) is 3.21. The summed E-state index contributed by atoms with van der Waals surface area (Å²) in [5, 5.41) is 3.73. The monoisotopic (exact) mass is 197 g/mol. The van der Waals surface area contributed by atoms with E-state index in [1.165, 1.54) is 0 Å². The Hall–Kier alpha value is -1.36. The number of rotatable bonds is 3. The highest BCUT2D eigenvalue weighted by atomic mass is 16.5. The third-order valence-electron chi connectivity index (χ3n) is 2.06. The number of carbonyl (C=O) groups excluding carboxylic acids is 1. The zero-order chi connectivity index (χ0) is 10.7. The Balaban J connectivity index is 2.88. The van der Waals surface area contributed by atoms with E-state index in [2.05, 4.69) is 5.16 Å². The second kappa shape index (κ2) is 4.23. The van der Waals surface area contributed by atoms with Gasteiger partial charge in [-0.3, -0.25) is 4.79 Å². The largest absolute Gasteiger partial charge is 0.361 e. The number of likely N-dealkylation sites (N-methyl/N-ethyl adjacent to an activating group) is 1. The summed E-state index contributed by atoms with van der Waals surface area (Å²) in [6, 6.07) is 0. The Labute approximate surface area is 82.8 Å². The average molecular weight is 197 g/mol. The molecular formula is C9H15N3O2. The lowest BCUT2D eigenvalue weighted by Gasteiger charge is -2.15. The van der Waals surface area contributed by atoms with Gasteiger partial charge in [-0.1, -0.05) is 5.16 Å². The van der Waals surface area contributed by atoms with Crippen molar-refractivity contribution in [3.8, 4) is 0 Å². The fourth-order valence-electron chi connectivity index (χ4n) is 1.27. The van der Waals surface area contributed by atoms with E-state index in [9.17, 15) is 4.79 Å². The SMILES string of the molecule is Cc1noc(C)c1C(=O)N(C)CCN. The van der Waals surface area contributed by atoms with Gasteiger partial charge < -0.3 is 15.2 Å². The second-order valence-corrected chi connectivity index (χ2v) is 3.21. The Morgan fingerprint density at radius 3 is 2.64 bits per heavy atom. The Bertz CT molecular complexity index is 313. The fraction of sp³-hybridized carbons (Fsp3) is 0.556. The van der Waals surface area contributed by atoms with Crippen LogP contribution >= 0.6 is 0 Å². The summed E-state index contributed by atoms with van der Waals surface area (Å²) in [5.74, 6) is 0.461. The van der Waals surface area contributed by atoms with Crippen molar-refractivity contribution in [2.45, 2.75) is 13.8 Å². The number of carbonyl (C=O) groups is 1. The lowest BCUT2D eigenvalue weighted by Crippen LogP contribution is -2.32. The van der Waals surface area contributed by atoms with Gasteiger partial charge in [-0.15, -0.1) is 0 Å². The number of amides is 1. The molecule has 1 aromatic heterocycles. The first-order valence-electron chi connectivity index (χ1n) is 4.46. The molecule has 5 nitrogen and oxygen atoms in total. The van der Waals surface area contributed by atoms with Crippen molar-refractivity contribution in [1.82, 2.24) is 10.1 Å². The van der Waals surface area contributed by atoms with Gasteiger partial charge in [0.15, 0.2) is 0 Å². The summed E-state index contributed by atoms with van der Waals surface area (Å²) in [6.45, 7) is 4.46. The van der Waals surface area contributed by atoms with Crippen LogP contribution in [0, 0.1) is 13.8 Å². The van der Waals surface area contributed by atoms with Crippen molar-refractivity contribution in [3.63, 3.8) is 0 Å². The Morgan fingerprint density at radius 2 is 2.21 bits per heavy atom. The highest BCUT2D eigenvalue weighted by molar-refractivity contribution is 5.95. The van der Waals surface area contributed by atoms with Crippen LogP contribution in [-0.2, 0) is 0 Å². The smallest absolute Gasteiger partial charge is 0.259 e. The molecule has 1 aromatic rings. The summed E-state index contributed by atoms with van der Waals surface area (Å²) >= 11 is 0. The van der Waals surface area contributed by atoms with E-state index >= 15 is 0 Å². The molecule has 0 radical (unpaired) electrons. The molecular weight excluding hydrogens is 182 g/mol. The first-order valence-corrected chi connectivity index (χ1v) is 4.46. The van der Waals surface area contributed by atoms with Gasteiger partial charge in [0.25, 0.3) is 5.91 Å². The minimum Gasteiger partial charge on any atom is -0.361 e. The number of hydrogen-bond donors (Lipinski definition) is 1. The van der Waals surface area contributed by atoms with E-state index in [0.717, 1.165) is 0 Å². The van der Waals surface area contributed by atoms with Crippen LogP contribution in [0.25, 0.3) is 0 Å². The molecule has 1 amide bonds. The molecule has 1 heterocycles. The molecule has 0 aliphatic heterocycles. The van der Waals surface area contributed by atoms with E-state index in [4.69, 9.17) is 10.3 Å². The molecule has 0 unspecified atom stereocenters. The number of nitrogens with two attached hydrogens (primary N) is 1. The van der Waals surface area contributed by atoms with Crippen LogP contribution < -0.4 is 5.73 Å². The van der Waals surface area contributed by atoms with Crippen LogP contribution in [0.5, 0.6) is 0 Å². The van der Waals surface area contributed by atoms with Crippen molar-refractivity contribution < 1.29 is 9.32 Å². The minimum absolute atomic E-state index is 0.0910. The molecule has 0 aromatic carbocycles. The molecule has 0 saturated heterocycles. The predicted molar refractivity (Wildman–Crippen MR) is 52.0 cm³/mol. The van der Waals surface area contributed by atoms with Crippen LogP contribution in [0.15, 0.2) is 4.52 Å². The quantitative estimate of drug-likeness (QED) is 0.757. The van der Waals surface area contributed by atoms with Gasteiger partial charge in [0.2, 0.25) is 0 Å². The maximum atomic E-state index is 11.8. The Morgan fingerprint density at radius 1 is 1.57 bits per heavy atom. The zero-order valence-corrected chi connectivity index (χ0v) is 8.70. The molecule has 0 atom stereocenters. The summed E-state index contributed by atoms with van der Waals surface area (Å²) in [5.41, 5.74) is 6.53. The normalized spacial score (nSPS) is 10.3. The van der Waals surface area contributed by atoms with Crippen LogP contribution in [0.3, 0.4) is 0 Å². The fourth-order valence-corrected chi connectivity index (χ4v) is 1.27. The molecule has 14 heavy (non-hydrogen) atoms. The number of aromatic nitrogens is 1. The van der Waals surface area contributed by atoms with E-state index in [1.54, 1.807) is 25.8 Å². The number of nitrogens with zero attached hydrogens (tertiary/aromatic N) is 2. The first kappa shape index (κ1) is 10.7. The van der Waals surface area contributed by atoms with Crippen molar-refractivity contribution in [3.05, 3.63) is 17.0 Å². The molecule has 0 aliphatic rings. The van der Waals surface area contributed by atoms with E-state index in [-0.39, 0.29) is 5.91 Å². The molecule has 0 fully saturated rings. The summed E-state index contributed by atoms with van der Waals surface area (Å²) < 4.78 is 4.92. The molecule has 1 rings (SSSR count). The molecule has 0 saturated carbocycles. The zero-order valence-electron chi connectivity index (χ0n) is 8.70. The first-order chi connectivity index (χ1) is 6.57. The van der Waals surface area contributed by atoms with Crippen molar-refractivity contribution in [1.29, 1.82) is 0 Å². The van der Waals surface area contributed by atoms with E-state index < -0.39 is 0 Å².